The molecule has 3 N–H and O–H groups in total. The molecule has 1 atom stereocenters. The first-order valence-corrected chi connectivity index (χ1v) is 5.65. The number of aromatic nitrogens is 1. The number of nitrogens with zero attached hydrogens (tertiary/aromatic N) is 1. The third kappa shape index (κ3) is 1.60. The van der Waals surface area contributed by atoms with E-state index >= 15 is 0 Å². The summed E-state index contributed by atoms with van der Waals surface area (Å²) in [7, 11) is 0. The van der Waals surface area contributed by atoms with E-state index in [-0.39, 0.29) is 0 Å². The van der Waals surface area contributed by atoms with Crippen molar-refractivity contribution in [2.45, 2.75) is 25.8 Å². The molecule has 1 saturated carbocycles. The maximum atomic E-state index is 5.82. The second-order valence-electron chi connectivity index (χ2n) is 4.48. The summed E-state index contributed by atoms with van der Waals surface area (Å²) in [4.78, 5) is 4.36. The Morgan fingerprint density at radius 1 is 1.50 bits per heavy atom. The zero-order valence-corrected chi connectivity index (χ0v) is 9.23. The molecule has 1 fully saturated rings. The fourth-order valence-corrected chi connectivity index (χ4v) is 1.94. The summed E-state index contributed by atoms with van der Waals surface area (Å²) in [5.41, 5.74) is 7.97. The van der Waals surface area contributed by atoms with Crippen LogP contribution in [0.3, 0.4) is 0 Å². The van der Waals surface area contributed by atoms with Crippen molar-refractivity contribution in [1.82, 2.24) is 4.98 Å². The van der Waals surface area contributed by atoms with Crippen LogP contribution in [0.15, 0.2) is 22.6 Å². The Labute approximate surface area is 93.8 Å². The summed E-state index contributed by atoms with van der Waals surface area (Å²) in [6, 6.07) is 6.59. The molecular formula is C12H15N3O. The number of benzene rings is 1. The van der Waals surface area contributed by atoms with Crippen LogP contribution in [-0.2, 0) is 0 Å². The second kappa shape index (κ2) is 3.40. The highest BCUT2D eigenvalue weighted by atomic mass is 16.4. The molecule has 2 aromatic rings. The first kappa shape index (κ1) is 9.51. The van der Waals surface area contributed by atoms with Crippen LogP contribution in [0, 0.1) is 5.92 Å². The predicted octanol–water partition coefficient (Wildman–Crippen LogP) is 2.62. The number of nitrogens with one attached hydrogen (secondary N) is 1. The van der Waals surface area contributed by atoms with E-state index in [1.54, 1.807) is 0 Å². The van der Waals surface area contributed by atoms with Crippen LogP contribution in [0.4, 0.5) is 11.7 Å². The number of anilines is 2. The molecule has 0 spiro atoms. The van der Waals surface area contributed by atoms with Gasteiger partial charge < -0.3 is 15.5 Å². The second-order valence-corrected chi connectivity index (χ2v) is 4.48. The quantitative estimate of drug-likeness (QED) is 0.776. The minimum absolute atomic E-state index is 0.425. The number of oxazole rings is 1. The lowest BCUT2D eigenvalue weighted by Gasteiger charge is -2.09. The molecule has 1 aliphatic carbocycles. The van der Waals surface area contributed by atoms with Gasteiger partial charge in [-0.3, -0.25) is 0 Å². The van der Waals surface area contributed by atoms with Crippen molar-refractivity contribution in [2.75, 3.05) is 11.1 Å². The number of nitrogen functional groups attached to an aromatic ring is 1. The molecule has 4 heteroatoms. The topological polar surface area (TPSA) is 64.1 Å². The highest BCUT2D eigenvalue weighted by Gasteiger charge is 2.28. The van der Waals surface area contributed by atoms with Crippen molar-refractivity contribution in [3.8, 4) is 0 Å². The largest absolute Gasteiger partial charge is 0.423 e. The van der Waals surface area contributed by atoms with Crippen LogP contribution in [0.2, 0.25) is 0 Å². The van der Waals surface area contributed by atoms with Crippen LogP contribution in [0.5, 0.6) is 0 Å². The number of para-hydroxylation sites is 1. The lowest BCUT2D eigenvalue weighted by Crippen LogP contribution is -2.17. The van der Waals surface area contributed by atoms with E-state index in [9.17, 15) is 0 Å². The highest BCUT2D eigenvalue weighted by Crippen LogP contribution is 2.34. The van der Waals surface area contributed by atoms with Gasteiger partial charge in [0.05, 0.1) is 5.69 Å². The van der Waals surface area contributed by atoms with Gasteiger partial charge in [-0.05, 0) is 37.8 Å². The molecule has 84 valence electrons. The van der Waals surface area contributed by atoms with Gasteiger partial charge in [0.25, 0.3) is 6.01 Å². The van der Waals surface area contributed by atoms with Crippen molar-refractivity contribution in [3.63, 3.8) is 0 Å². The van der Waals surface area contributed by atoms with Crippen LogP contribution >= 0.6 is 0 Å². The Hall–Kier alpha value is -1.71. The molecule has 16 heavy (non-hydrogen) atoms. The number of hydrogen-bond acceptors (Lipinski definition) is 4. The average Bonchev–Trinajstić information content (AvgIpc) is 3.01. The maximum Gasteiger partial charge on any atom is 0.295 e. The molecule has 1 aromatic heterocycles. The summed E-state index contributed by atoms with van der Waals surface area (Å²) in [5, 5.41) is 3.29. The Morgan fingerprint density at radius 2 is 2.31 bits per heavy atom. The zero-order valence-electron chi connectivity index (χ0n) is 9.23. The van der Waals surface area contributed by atoms with Gasteiger partial charge in [0.2, 0.25) is 0 Å². The minimum atomic E-state index is 0.425. The lowest BCUT2D eigenvalue weighted by atomic mass is 10.2. The van der Waals surface area contributed by atoms with Gasteiger partial charge in [-0.15, -0.1) is 0 Å². The van der Waals surface area contributed by atoms with Crippen LogP contribution in [0.1, 0.15) is 19.8 Å². The summed E-state index contributed by atoms with van der Waals surface area (Å²) in [6.45, 7) is 2.16. The normalized spacial score (nSPS) is 17.6. The lowest BCUT2D eigenvalue weighted by molar-refractivity contribution is 0.584. The van der Waals surface area contributed by atoms with E-state index < -0.39 is 0 Å². The van der Waals surface area contributed by atoms with E-state index in [0.717, 1.165) is 17.0 Å². The van der Waals surface area contributed by atoms with Crippen molar-refractivity contribution in [3.05, 3.63) is 18.2 Å². The highest BCUT2D eigenvalue weighted by molar-refractivity contribution is 5.86. The molecule has 3 rings (SSSR count). The molecular weight excluding hydrogens is 202 g/mol. The van der Waals surface area contributed by atoms with Gasteiger partial charge in [-0.2, -0.15) is 4.98 Å². The standard InChI is InChI=1S/C12H15N3O/c1-7(8-5-6-8)14-12-15-11-9(13)3-2-4-10(11)16-12/h2-4,7-8H,5-6,13H2,1H3,(H,14,15). The minimum Gasteiger partial charge on any atom is -0.423 e. The summed E-state index contributed by atoms with van der Waals surface area (Å²) >= 11 is 0. The van der Waals surface area contributed by atoms with E-state index in [1.165, 1.54) is 12.8 Å². The summed E-state index contributed by atoms with van der Waals surface area (Å²) in [6.07, 6.45) is 2.60. The molecule has 1 unspecified atom stereocenters. The Morgan fingerprint density at radius 3 is 3.00 bits per heavy atom. The fourth-order valence-electron chi connectivity index (χ4n) is 1.94. The van der Waals surface area contributed by atoms with Gasteiger partial charge in [-0.25, -0.2) is 0 Å². The van der Waals surface area contributed by atoms with Crippen molar-refractivity contribution >= 4 is 22.8 Å². The van der Waals surface area contributed by atoms with Crippen molar-refractivity contribution in [2.24, 2.45) is 5.92 Å². The van der Waals surface area contributed by atoms with Crippen molar-refractivity contribution < 1.29 is 4.42 Å². The zero-order chi connectivity index (χ0) is 11.1. The van der Waals surface area contributed by atoms with E-state index in [1.807, 2.05) is 18.2 Å². The van der Waals surface area contributed by atoms with Gasteiger partial charge in [-0.1, -0.05) is 6.07 Å². The number of hydrogen-bond donors (Lipinski definition) is 2. The summed E-state index contributed by atoms with van der Waals surface area (Å²) < 4.78 is 5.60. The SMILES string of the molecule is CC(Nc1nc2c(N)cccc2o1)C1CC1. The number of rotatable bonds is 3. The first-order valence-electron chi connectivity index (χ1n) is 5.65. The number of fused-ring (bicyclic) bond motifs is 1. The molecule has 0 bridgehead atoms. The Balaban J connectivity index is 1.89. The van der Waals surface area contributed by atoms with Gasteiger partial charge in [0, 0.05) is 6.04 Å². The van der Waals surface area contributed by atoms with Crippen LogP contribution in [0.25, 0.3) is 11.1 Å². The van der Waals surface area contributed by atoms with Crippen LogP contribution in [-0.4, -0.2) is 11.0 Å². The number of nitrogens with two attached hydrogens (primary N) is 1. The molecule has 1 heterocycles. The van der Waals surface area contributed by atoms with E-state index in [4.69, 9.17) is 10.2 Å². The molecule has 1 aliphatic rings. The van der Waals surface area contributed by atoms with Gasteiger partial charge >= 0.3 is 0 Å². The Kier molecular flexibility index (Phi) is 2.02. The van der Waals surface area contributed by atoms with Crippen LogP contribution < -0.4 is 11.1 Å². The van der Waals surface area contributed by atoms with E-state index in [0.29, 0.717) is 17.7 Å². The third-order valence-electron chi connectivity index (χ3n) is 3.13. The molecule has 0 saturated heterocycles. The molecule has 0 aliphatic heterocycles. The maximum absolute atomic E-state index is 5.82. The van der Waals surface area contributed by atoms with E-state index in [2.05, 4.69) is 17.2 Å². The molecule has 4 nitrogen and oxygen atoms in total. The van der Waals surface area contributed by atoms with Crippen molar-refractivity contribution in [1.29, 1.82) is 0 Å². The van der Waals surface area contributed by atoms with Gasteiger partial charge in [0.15, 0.2) is 5.58 Å². The predicted molar refractivity (Wildman–Crippen MR) is 64.2 cm³/mol. The summed E-state index contributed by atoms with van der Waals surface area (Å²) in [5.74, 6) is 0.771. The molecule has 0 radical (unpaired) electrons. The molecule has 0 amide bonds. The Bertz CT molecular complexity index is 516. The third-order valence-corrected chi connectivity index (χ3v) is 3.13. The molecule has 1 aromatic carbocycles. The average molecular weight is 217 g/mol. The first-order chi connectivity index (χ1) is 7.74. The monoisotopic (exact) mass is 217 g/mol. The smallest absolute Gasteiger partial charge is 0.295 e. The fraction of sp³-hybridized carbons (Fsp3) is 0.417. The van der Waals surface area contributed by atoms with Gasteiger partial charge in [0.1, 0.15) is 5.52 Å².